The summed E-state index contributed by atoms with van der Waals surface area (Å²) in [4.78, 5) is 11.9. The Morgan fingerprint density at radius 2 is 1.54 bits per heavy atom. The number of hydrogen-bond donors (Lipinski definition) is 2. The number of carbonyl (C=O) groups is 1. The second kappa shape index (κ2) is 10.2. The van der Waals surface area contributed by atoms with Gasteiger partial charge in [-0.15, -0.1) is 0 Å². The van der Waals surface area contributed by atoms with E-state index in [1.54, 1.807) is 4.57 Å². The summed E-state index contributed by atoms with van der Waals surface area (Å²) in [5, 5.41) is 0. The van der Waals surface area contributed by atoms with Crippen molar-refractivity contribution in [2.24, 2.45) is 0 Å². The first-order valence-corrected chi connectivity index (χ1v) is 8.05. The Balaban J connectivity index is 0.00000243. The average molecular weight is 414 g/mol. The van der Waals surface area contributed by atoms with Crippen LogP contribution in [0.2, 0.25) is 0 Å². The number of nitrogens with one attached hydrogen (secondary N) is 2. The molecular formula is C20H20BrN3O2. The van der Waals surface area contributed by atoms with Gasteiger partial charge in [-0.3, -0.25) is 15.6 Å². The summed E-state index contributed by atoms with van der Waals surface area (Å²) >= 11 is 0. The number of ether oxygens (including phenoxy) is 1. The largest absolute Gasteiger partial charge is 1.00 e. The average Bonchev–Trinajstić information content (AvgIpc) is 2.67. The number of anilines is 1. The van der Waals surface area contributed by atoms with Crippen molar-refractivity contribution in [3.05, 3.63) is 90.8 Å². The van der Waals surface area contributed by atoms with Gasteiger partial charge in [0.2, 0.25) is 6.54 Å². The smallest absolute Gasteiger partial charge is 0.304 e. The molecule has 6 heteroatoms. The molecule has 1 heterocycles. The van der Waals surface area contributed by atoms with Crippen molar-refractivity contribution in [1.29, 1.82) is 0 Å². The van der Waals surface area contributed by atoms with Gasteiger partial charge in [0.05, 0.1) is 5.69 Å². The molecule has 0 unspecified atom stereocenters. The number of carbonyl (C=O) groups excluding carboxylic acids is 1. The molecule has 1 aromatic heterocycles. The molecule has 0 saturated heterocycles. The molecule has 5 nitrogen and oxygen atoms in total. The summed E-state index contributed by atoms with van der Waals surface area (Å²) in [6.45, 7) is 0.783. The van der Waals surface area contributed by atoms with Gasteiger partial charge in [-0.1, -0.05) is 36.4 Å². The van der Waals surface area contributed by atoms with E-state index in [0.717, 1.165) is 17.0 Å². The van der Waals surface area contributed by atoms with Crippen molar-refractivity contribution in [2.45, 2.75) is 13.2 Å². The number of nitrogens with zero attached hydrogens (tertiary/aromatic N) is 1. The molecular weight excluding hydrogens is 394 g/mol. The maximum Gasteiger partial charge on any atom is 0.304 e. The van der Waals surface area contributed by atoms with Crippen LogP contribution in [0.15, 0.2) is 85.2 Å². The molecule has 0 atom stereocenters. The van der Waals surface area contributed by atoms with Crippen molar-refractivity contribution in [2.75, 3.05) is 5.43 Å². The van der Waals surface area contributed by atoms with Crippen LogP contribution >= 0.6 is 0 Å². The summed E-state index contributed by atoms with van der Waals surface area (Å²) in [7, 11) is 0. The summed E-state index contributed by atoms with van der Waals surface area (Å²) in [6.07, 6.45) is 3.69. The van der Waals surface area contributed by atoms with Crippen LogP contribution in [-0.2, 0) is 17.9 Å². The zero-order valence-electron chi connectivity index (χ0n) is 14.1. The molecule has 0 aliphatic carbocycles. The second-order valence-electron chi connectivity index (χ2n) is 5.52. The van der Waals surface area contributed by atoms with Crippen molar-refractivity contribution in [1.82, 2.24) is 5.43 Å². The molecule has 0 radical (unpaired) electrons. The Labute approximate surface area is 163 Å². The fraction of sp³-hybridized carbons (Fsp3) is 0.100. The van der Waals surface area contributed by atoms with E-state index < -0.39 is 0 Å². The lowest BCUT2D eigenvalue weighted by Crippen LogP contribution is -3.00. The summed E-state index contributed by atoms with van der Waals surface area (Å²) < 4.78 is 7.54. The van der Waals surface area contributed by atoms with Gasteiger partial charge in [0, 0.05) is 12.1 Å². The Kier molecular flexibility index (Phi) is 7.64. The number of hydrazine groups is 1. The van der Waals surface area contributed by atoms with Gasteiger partial charge in [0.1, 0.15) is 12.4 Å². The van der Waals surface area contributed by atoms with E-state index in [9.17, 15) is 4.79 Å². The molecule has 2 N–H and O–H groups in total. The highest BCUT2D eigenvalue weighted by Gasteiger charge is 2.07. The van der Waals surface area contributed by atoms with Crippen molar-refractivity contribution >= 4 is 11.6 Å². The highest BCUT2D eigenvalue weighted by molar-refractivity contribution is 5.75. The minimum atomic E-state index is -0.124. The maximum absolute atomic E-state index is 11.9. The van der Waals surface area contributed by atoms with Gasteiger partial charge in [-0.05, 0) is 29.8 Å². The Morgan fingerprint density at radius 1 is 0.885 bits per heavy atom. The quantitative estimate of drug-likeness (QED) is 0.413. The van der Waals surface area contributed by atoms with Crippen LogP contribution in [0.3, 0.4) is 0 Å². The first kappa shape index (κ1) is 19.5. The van der Waals surface area contributed by atoms with E-state index in [0.29, 0.717) is 6.61 Å². The highest BCUT2D eigenvalue weighted by Crippen LogP contribution is 2.16. The van der Waals surface area contributed by atoms with Gasteiger partial charge < -0.3 is 21.7 Å². The molecule has 26 heavy (non-hydrogen) atoms. The van der Waals surface area contributed by atoms with Crippen LogP contribution in [0.5, 0.6) is 5.75 Å². The summed E-state index contributed by atoms with van der Waals surface area (Å²) in [5.41, 5.74) is 7.48. The van der Waals surface area contributed by atoms with E-state index in [2.05, 4.69) is 10.9 Å². The fourth-order valence-corrected chi connectivity index (χ4v) is 2.26. The lowest BCUT2D eigenvalue weighted by atomic mass is 10.2. The van der Waals surface area contributed by atoms with Crippen LogP contribution in [0.1, 0.15) is 5.56 Å². The van der Waals surface area contributed by atoms with Crippen LogP contribution in [0.25, 0.3) is 0 Å². The van der Waals surface area contributed by atoms with Crippen LogP contribution in [0, 0.1) is 0 Å². The lowest BCUT2D eigenvalue weighted by Gasteiger charge is -2.09. The molecule has 0 fully saturated rings. The third kappa shape index (κ3) is 6.22. The van der Waals surface area contributed by atoms with Crippen LogP contribution < -0.4 is 37.1 Å². The van der Waals surface area contributed by atoms with Gasteiger partial charge in [0.15, 0.2) is 12.4 Å². The van der Waals surface area contributed by atoms with Crippen LogP contribution in [0.4, 0.5) is 5.69 Å². The predicted octanol–water partition coefficient (Wildman–Crippen LogP) is -0.300. The zero-order chi connectivity index (χ0) is 17.3. The van der Waals surface area contributed by atoms with Gasteiger partial charge in [0.25, 0.3) is 0 Å². The van der Waals surface area contributed by atoms with E-state index in [4.69, 9.17) is 4.74 Å². The third-order valence-electron chi connectivity index (χ3n) is 3.55. The molecule has 134 valence electrons. The molecule has 3 aromatic rings. The Hall–Kier alpha value is -2.86. The number of hydrogen-bond acceptors (Lipinski definition) is 3. The number of rotatable bonds is 7. The molecule has 0 saturated carbocycles. The zero-order valence-corrected chi connectivity index (χ0v) is 15.7. The first-order chi connectivity index (χ1) is 12.3. The van der Waals surface area contributed by atoms with Crippen LogP contribution in [-0.4, -0.2) is 5.91 Å². The molecule has 2 aromatic carbocycles. The third-order valence-corrected chi connectivity index (χ3v) is 3.55. The predicted molar refractivity (Wildman–Crippen MR) is 95.6 cm³/mol. The van der Waals surface area contributed by atoms with E-state index >= 15 is 0 Å². The SMILES string of the molecule is O=C(C[n+]1ccccc1)NNc1ccc(OCc2ccccc2)cc1.[Br-]. The Morgan fingerprint density at radius 3 is 2.23 bits per heavy atom. The van der Waals surface area contributed by atoms with Crippen molar-refractivity contribution < 1.29 is 31.1 Å². The van der Waals surface area contributed by atoms with Crippen molar-refractivity contribution in [3.63, 3.8) is 0 Å². The highest BCUT2D eigenvalue weighted by atomic mass is 79.9. The number of halogens is 1. The van der Waals surface area contributed by atoms with E-state index in [1.165, 1.54) is 0 Å². The normalized spacial score (nSPS) is 9.69. The second-order valence-corrected chi connectivity index (χ2v) is 5.52. The standard InChI is InChI=1S/C20H19N3O2.BrH/c24-20(15-23-13-5-2-6-14-23)22-21-18-9-11-19(12-10-18)25-16-17-7-3-1-4-8-17;/h1-14,21H,15-16H2;1H. The van der Waals surface area contributed by atoms with Gasteiger partial charge >= 0.3 is 5.91 Å². The van der Waals surface area contributed by atoms with Gasteiger partial charge in [-0.25, -0.2) is 0 Å². The van der Waals surface area contributed by atoms with E-state index in [1.807, 2.05) is 85.2 Å². The topological polar surface area (TPSA) is 54.2 Å². The fourth-order valence-electron chi connectivity index (χ4n) is 2.26. The molecule has 0 aliphatic heterocycles. The summed E-state index contributed by atoms with van der Waals surface area (Å²) in [6, 6.07) is 23.1. The minimum absolute atomic E-state index is 0. The first-order valence-electron chi connectivity index (χ1n) is 8.05. The number of amides is 1. The number of aromatic nitrogens is 1. The Bertz CT molecular complexity index is 796. The molecule has 0 bridgehead atoms. The molecule has 0 aliphatic rings. The number of pyridine rings is 1. The molecule has 0 spiro atoms. The van der Waals surface area contributed by atoms with E-state index in [-0.39, 0.29) is 29.4 Å². The maximum atomic E-state index is 11.9. The van der Waals surface area contributed by atoms with Crippen molar-refractivity contribution in [3.8, 4) is 5.75 Å². The summed E-state index contributed by atoms with van der Waals surface area (Å²) in [5.74, 6) is 0.654. The molecule has 3 rings (SSSR count). The number of benzene rings is 2. The van der Waals surface area contributed by atoms with Gasteiger partial charge in [-0.2, -0.15) is 4.57 Å². The molecule has 1 amide bonds. The monoisotopic (exact) mass is 413 g/mol. The lowest BCUT2D eigenvalue weighted by molar-refractivity contribution is -0.684. The minimum Gasteiger partial charge on any atom is -1.00 e.